The van der Waals surface area contributed by atoms with Gasteiger partial charge in [-0.3, -0.25) is 4.79 Å². The van der Waals surface area contributed by atoms with Crippen molar-refractivity contribution < 1.29 is 31.8 Å². The van der Waals surface area contributed by atoms with E-state index in [1.54, 1.807) is 0 Å². The minimum atomic E-state index is -3.05. The van der Waals surface area contributed by atoms with Crippen molar-refractivity contribution in [2.75, 3.05) is 30.9 Å². The van der Waals surface area contributed by atoms with Crippen LogP contribution in [-0.2, 0) is 10.3 Å². The highest BCUT2D eigenvalue weighted by Gasteiger charge is 2.61. The minimum Gasteiger partial charge on any atom is -0.470 e. The van der Waals surface area contributed by atoms with Crippen LogP contribution in [-0.4, -0.2) is 58.2 Å². The van der Waals surface area contributed by atoms with Gasteiger partial charge < -0.3 is 20.5 Å². The predicted molar refractivity (Wildman–Crippen MR) is 120 cm³/mol. The molecule has 2 aromatic rings. The van der Waals surface area contributed by atoms with Crippen molar-refractivity contribution in [1.29, 1.82) is 0 Å². The van der Waals surface area contributed by atoms with E-state index >= 15 is 4.39 Å². The molecule has 1 saturated heterocycles. The molecule has 3 N–H and O–H groups in total. The van der Waals surface area contributed by atoms with Gasteiger partial charge >= 0.3 is 0 Å². The quantitative estimate of drug-likeness (QED) is 0.561. The Bertz CT molecular complexity index is 1100. The molecule has 1 fully saturated rings. The maximum absolute atomic E-state index is 15.6. The smallest absolute Gasteiger partial charge is 0.278 e. The molecule has 34 heavy (non-hydrogen) atoms. The molecule has 14 heteroatoms. The lowest BCUT2D eigenvalue weighted by Gasteiger charge is -2.38. The number of aliphatic imine (C=N–C) groups is 1. The number of amides is 1. The number of amidine groups is 1. The Balaban J connectivity index is 0.00000324. The molecule has 2 atom stereocenters. The summed E-state index contributed by atoms with van der Waals surface area (Å²) < 4.78 is 66.3. The summed E-state index contributed by atoms with van der Waals surface area (Å²) >= 11 is 1.02. The molecule has 2 aliphatic rings. The number of alkyl halides is 3. The Kier molecular flexibility index (Phi) is 7.29. The molecule has 0 saturated carbocycles. The number of carbonyl (C=O) groups is 1. The number of fused-ring (bicyclic) bond motifs is 1. The van der Waals surface area contributed by atoms with Gasteiger partial charge in [0.1, 0.15) is 11.5 Å². The van der Waals surface area contributed by atoms with Gasteiger partial charge in [-0.05, 0) is 18.2 Å². The van der Waals surface area contributed by atoms with E-state index in [1.165, 1.54) is 12.1 Å². The van der Waals surface area contributed by atoms with Crippen molar-refractivity contribution in [2.24, 2.45) is 10.7 Å². The molecule has 8 nitrogen and oxygen atoms in total. The normalized spacial score (nSPS) is 24.0. The summed E-state index contributed by atoms with van der Waals surface area (Å²) in [6.45, 7) is -0.669. The van der Waals surface area contributed by atoms with Gasteiger partial charge in [0.15, 0.2) is 23.0 Å². The highest BCUT2D eigenvalue weighted by molar-refractivity contribution is 8.13. The third-order valence-corrected chi connectivity index (χ3v) is 6.13. The fourth-order valence-corrected chi connectivity index (χ4v) is 4.43. The molecule has 3 heterocycles. The Morgan fingerprint density at radius 3 is 2.76 bits per heavy atom. The Morgan fingerprint density at radius 1 is 1.32 bits per heavy atom. The van der Waals surface area contributed by atoms with Gasteiger partial charge in [-0.15, -0.1) is 12.4 Å². The summed E-state index contributed by atoms with van der Waals surface area (Å²) in [6, 6.07) is 3.65. The van der Waals surface area contributed by atoms with Crippen LogP contribution < -0.4 is 15.8 Å². The van der Waals surface area contributed by atoms with Crippen LogP contribution in [0, 0.1) is 5.82 Å². The second-order valence-electron chi connectivity index (χ2n) is 7.80. The monoisotopic (exact) mass is 521 g/mol. The van der Waals surface area contributed by atoms with Gasteiger partial charge in [0.25, 0.3) is 11.8 Å². The SMILES string of the molecule is CC(F)(F)COc1cnc(C(=O)Nc2ccc(F)c([C@]34COC[C@@]3(F)CSC(N)=N4)c2)cn1.Cl. The third kappa shape index (κ3) is 5.05. The minimum absolute atomic E-state index is 0. The topological polar surface area (TPSA) is 112 Å². The van der Waals surface area contributed by atoms with Gasteiger partial charge in [-0.25, -0.2) is 32.5 Å². The molecule has 4 rings (SSSR count). The maximum atomic E-state index is 15.6. The van der Waals surface area contributed by atoms with Crippen LogP contribution >= 0.6 is 24.2 Å². The van der Waals surface area contributed by atoms with Crippen LogP contribution in [0.15, 0.2) is 35.6 Å². The van der Waals surface area contributed by atoms with Crippen LogP contribution in [0.1, 0.15) is 23.0 Å². The third-order valence-electron chi connectivity index (χ3n) is 5.14. The molecule has 0 unspecified atom stereocenters. The van der Waals surface area contributed by atoms with Crippen molar-refractivity contribution in [3.05, 3.63) is 47.7 Å². The largest absolute Gasteiger partial charge is 0.470 e. The summed E-state index contributed by atoms with van der Waals surface area (Å²) in [5.41, 5.74) is 2.07. The van der Waals surface area contributed by atoms with Crippen molar-refractivity contribution >= 4 is 40.9 Å². The number of carbonyl (C=O) groups excluding carboxylic acids is 1. The van der Waals surface area contributed by atoms with Crippen LogP contribution in [0.25, 0.3) is 0 Å². The number of rotatable bonds is 6. The Labute approximate surface area is 202 Å². The lowest BCUT2D eigenvalue weighted by atomic mass is 9.79. The van der Waals surface area contributed by atoms with E-state index in [2.05, 4.69) is 20.3 Å². The molecule has 1 amide bonds. The second kappa shape index (κ2) is 9.55. The average Bonchev–Trinajstić information content (AvgIpc) is 3.10. The van der Waals surface area contributed by atoms with E-state index in [9.17, 15) is 18.0 Å². The van der Waals surface area contributed by atoms with Crippen molar-refractivity contribution in [2.45, 2.75) is 24.1 Å². The van der Waals surface area contributed by atoms with Gasteiger partial charge in [0.2, 0.25) is 5.88 Å². The van der Waals surface area contributed by atoms with Gasteiger partial charge in [-0.1, -0.05) is 11.8 Å². The van der Waals surface area contributed by atoms with Gasteiger partial charge in [0.05, 0.1) is 25.6 Å². The van der Waals surface area contributed by atoms with Crippen molar-refractivity contribution in [3.8, 4) is 5.88 Å². The molecule has 0 spiro atoms. The summed E-state index contributed by atoms with van der Waals surface area (Å²) in [5, 5.41) is 2.64. The van der Waals surface area contributed by atoms with E-state index in [0.717, 1.165) is 30.2 Å². The highest BCUT2D eigenvalue weighted by atomic mass is 35.5. The molecule has 2 aliphatic heterocycles. The number of hydrogen-bond donors (Lipinski definition) is 2. The Hall–Kier alpha value is -2.64. The zero-order valence-corrected chi connectivity index (χ0v) is 19.3. The van der Waals surface area contributed by atoms with Crippen LogP contribution in [0.3, 0.4) is 0 Å². The lowest BCUT2D eigenvalue weighted by Crippen LogP contribution is -2.52. The van der Waals surface area contributed by atoms with Crippen LogP contribution in [0.2, 0.25) is 0 Å². The highest BCUT2D eigenvalue weighted by Crippen LogP contribution is 2.50. The second-order valence-corrected chi connectivity index (χ2v) is 8.80. The Morgan fingerprint density at radius 2 is 2.09 bits per heavy atom. The number of anilines is 1. The molecule has 0 radical (unpaired) electrons. The van der Waals surface area contributed by atoms with Crippen LogP contribution in [0.5, 0.6) is 5.88 Å². The molecule has 1 aromatic heterocycles. The molecule has 0 aliphatic carbocycles. The van der Waals surface area contributed by atoms with E-state index < -0.39 is 35.5 Å². The van der Waals surface area contributed by atoms with Gasteiger partial charge in [0, 0.05) is 23.9 Å². The number of thioether (sulfide) groups is 1. The van der Waals surface area contributed by atoms with E-state index in [1.807, 2.05) is 0 Å². The number of nitrogens with zero attached hydrogens (tertiary/aromatic N) is 3. The van der Waals surface area contributed by atoms with Crippen LogP contribution in [0.4, 0.5) is 23.2 Å². The first kappa shape index (κ1) is 26.0. The first-order valence-electron chi connectivity index (χ1n) is 9.70. The van der Waals surface area contributed by atoms with E-state index in [4.69, 9.17) is 15.2 Å². The fourth-order valence-electron chi connectivity index (χ4n) is 3.51. The van der Waals surface area contributed by atoms with Crippen molar-refractivity contribution in [3.63, 3.8) is 0 Å². The number of nitrogens with one attached hydrogen (secondary N) is 1. The summed E-state index contributed by atoms with van der Waals surface area (Å²) in [4.78, 5) is 24.4. The van der Waals surface area contributed by atoms with Crippen molar-refractivity contribution in [1.82, 2.24) is 9.97 Å². The first-order chi connectivity index (χ1) is 15.5. The number of nitrogens with two attached hydrogens (primary N) is 1. The number of hydrogen-bond acceptors (Lipinski definition) is 8. The summed E-state index contributed by atoms with van der Waals surface area (Å²) in [7, 11) is 0. The predicted octanol–water partition coefficient (Wildman–Crippen LogP) is 3.32. The zero-order chi connectivity index (χ0) is 23.9. The molecule has 184 valence electrons. The standard InChI is InChI=1S/C20H19F4N5O3S.ClH/c1-18(22,23)7-32-15-6-26-14(5-27-15)16(30)28-11-2-3-13(21)12(4-11)20-9-31-8-19(20,24)10-33-17(25)29-20;/h2-6H,7-10H2,1H3,(H2,25,29)(H,28,30);1H/t19-,20-;/m1./s1. The molecule has 0 bridgehead atoms. The molecular formula is C20H20ClF4N5O3S. The average molecular weight is 522 g/mol. The summed E-state index contributed by atoms with van der Waals surface area (Å²) in [6.07, 6.45) is 2.07. The summed E-state index contributed by atoms with van der Waals surface area (Å²) in [5.74, 6) is -4.71. The zero-order valence-electron chi connectivity index (χ0n) is 17.7. The molecule has 1 aromatic carbocycles. The molecular weight excluding hydrogens is 502 g/mol. The fraction of sp³-hybridized carbons (Fsp3) is 0.400. The maximum Gasteiger partial charge on any atom is 0.278 e. The first-order valence-corrected chi connectivity index (χ1v) is 10.7. The number of ether oxygens (including phenoxy) is 2. The number of halogens is 5. The lowest BCUT2D eigenvalue weighted by molar-refractivity contribution is -0.0243. The number of benzene rings is 1. The number of aromatic nitrogens is 2. The van der Waals surface area contributed by atoms with Gasteiger partial charge in [-0.2, -0.15) is 0 Å². The van der Waals surface area contributed by atoms with E-state index in [0.29, 0.717) is 6.92 Å². The van der Waals surface area contributed by atoms with E-state index in [-0.39, 0.29) is 59.4 Å².